The number of hydrogen-bond acceptors (Lipinski definition) is 6. The highest BCUT2D eigenvalue weighted by Crippen LogP contribution is 2.39. The molecule has 1 aliphatic heterocycles. The number of carbonyl (C=O) groups excluding carboxylic acids is 2. The molecule has 0 saturated carbocycles. The Labute approximate surface area is 205 Å². The predicted molar refractivity (Wildman–Crippen MR) is 135 cm³/mol. The van der Waals surface area contributed by atoms with Crippen molar-refractivity contribution in [3.63, 3.8) is 0 Å². The summed E-state index contributed by atoms with van der Waals surface area (Å²) in [6.45, 7) is 7.42. The Morgan fingerprint density at radius 2 is 1.91 bits per heavy atom. The summed E-state index contributed by atoms with van der Waals surface area (Å²) in [6, 6.07) is 9.84. The zero-order chi connectivity index (χ0) is 24.4. The molecule has 178 valence electrons. The van der Waals surface area contributed by atoms with Crippen LogP contribution in [0.25, 0.3) is 5.57 Å². The number of nitrogens with one attached hydrogen (secondary N) is 1. The molecular weight excluding hydrogens is 438 g/mol. The van der Waals surface area contributed by atoms with Gasteiger partial charge in [0.15, 0.2) is 5.78 Å². The summed E-state index contributed by atoms with van der Waals surface area (Å²) in [4.78, 5) is 41.3. The molecule has 2 aliphatic rings. The largest absolute Gasteiger partial charge is 0.324 e. The van der Waals surface area contributed by atoms with Crippen LogP contribution >= 0.6 is 0 Å². The van der Waals surface area contributed by atoms with Crippen molar-refractivity contribution < 1.29 is 9.59 Å². The number of hydrogen-bond donors (Lipinski definition) is 1. The van der Waals surface area contributed by atoms with Crippen LogP contribution in [0.4, 0.5) is 5.69 Å². The quantitative estimate of drug-likeness (QED) is 0.498. The van der Waals surface area contributed by atoms with Gasteiger partial charge < -0.3 is 5.32 Å². The van der Waals surface area contributed by atoms with Gasteiger partial charge in [0.25, 0.3) is 0 Å². The van der Waals surface area contributed by atoms with Crippen molar-refractivity contribution in [3.05, 3.63) is 89.3 Å². The molecule has 7 nitrogen and oxygen atoms in total. The first-order valence-electron chi connectivity index (χ1n) is 12.1. The molecular formula is C28H29N5O2. The summed E-state index contributed by atoms with van der Waals surface area (Å²) < 4.78 is 0. The van der Waals surface area contributed by atoms with Gasteiger partial charge in [0.05, 0.1) is 24.0 Å². The van der Waals surface area contributed by atoms with Gasteiger partial charge in [-0.1, -0.05) is 44.2 Å². The summed E-state index contributed by atoms with van der Waals surface area (Å²) in [6.07, 6.45) is 9.81. The van der Waals surface area contributed by atoms with Crippen LogP contribution in [0.2, 0.25) is 0 Å². The molecule has 35 heavy (non-hydrogen) atoms. The molecule has 1 unspecified atom stereocenters. The van der Waals surface area contributed by atoms with Gasteiger partial charge in [-0.2, -0.15) is 0 Å². The molecule has 1 fully saturated rings. The van der Waals surface area contributed by atoms with E-state index in [0.717, 1.165) is 36.5 Å². The van der Waals surface area contributed by atoms with Crippen LogP contribution in [0.5, 0.6) is 0 Å². The van der Waals surface area contributed by atoms with Gasteiger partial charge in [-0.15, -0.1) is 0 Å². The fourth-order valence-corrected chi connectivity index (χ4v) is 4.68. The van der Waals surface area contributed by atoms with Gasteiger partial charge in [-0.05, 0) is 42.6 Å². The average Bonchev–Trinajstić information content (AvgIpc) is 3.21. The lowest BCUT2D eigenvalue weighted by atomic mass is 9.95. The minimum absolute atomic E-state index is 0.0691. The highest BCUT2D eigenvalue weighted by Gasteiger charge is 2.31. The maximum atomic E-state index is 13.4. The molecule has 1 atom stereocenters. The fraction of sp³-hybridized carbons (Fsp3) is 0.321. The second-order valence-corrected chi connectivity index (χ2v) is 9.64. The van der Waals surface area contributed by atoms with Gasteiger partial charge in [0.1, 0.15) is 6.33 Å². The standard InChI is InChI=1S/C28H29N5O2/c1-18(2)23-12-24(25-15-30-17-31-27(23)25)28(35)21-11-22(14-29-13-21)32-26(34)10-19-5-3-6-20(9-19)16-33-7-4-8-33/h3,5-6,9,11-15,17-18,23H,4,7-8,10,16H2,1-2H3,(H,32,34). The second-order valence-electron chi connectivity index (χ2n) is 9.64. The lowest BCUT2D eigenvalue weighted by Gasteiger charge is -2.30. The minimum atomic E-state index is -0.147. The maximum Gasteiger partial charge on any atom is 0.228 e. The van der Waals surface area contributed by atoms with Gasteiger partial charge in [-0.3, -0.25) is 19.5 Å². The van der Waals surface area contributed by atoms with Crippen LogP contribution in [0.15, 0.2) is 61.3 Å². The third-order valence-corrected chi connectivity index (χ3v) is 6.65. The van der Waals surface area contributed by atoms with Crippen molar-refractivity contribution in [2.75, 3.05) is 18.4 Å². The molecule has 1 N–H and O–H groups in total. The zero-order valence-electron chi connectivity index (χ0n) is 20.1. The van der Waals surface area contributed by atoms with E-state index in [4.69, 9.17) is 0 Å². The van der Waals surface area contributed by atoms with Gasteiger partial charge >= 0.3 is 0 Å². The average molecular weight is 468 g/mol. The molecule has 3 heterocycles. The van der Waals surface area contributed by atoms with Crippen LogP contribution in [0.3, 0.4) is 0 Å². The van der Waals surface area contributed by atoms with E-state index in [-0.39, 0.29) is 24.0 Å². The first-order chi connectivity index (χ1) is 17.0. The van der Waals surface area contributed by atoms with Crippen LogP contribution in [-0.2, 0) is 17.8 Å². The Morgan fingerprint density at radius 3 is 2.69 bits per heavy atom. The molecule has 1 saturated heterocycles. The highest BCUT2D eigenvalue weighted by molar-refractivity contribution is 6.30. The van der Waals surface area contributed by atoms with E-state index in [1.807, 2.05) is 18.2 Å². The van der Waals surface area contributed by atoms with Crippen molar-refractivity contribution >= 4 is 23.0 Å². The number of likely N-dealkylation sites (tertiary alicyclic amines) is 1. The smallest absolute Gasteiger partial charge is 0.228 e. The molecule has 1 aromatic carbocycles. The first-order valence-corrected chi connectivity index (χ1v) is 12.1. The van der Waals surface area contributed by atoms with Crippen molar-refractivity contribution in [3.8, 4) is 0 Å². The molecule has 1 amide bonds. The maximum absolute atomic E-state index is 13.4. The summed E-state index contributed by atoms with van der Waals surface area (Å²) >= 11 is 0. The van der Waals surface area contributed by atoms with Crippen LogP contribution in [0.1, 0.15) is 58.9 Å². The number of allylic oxidation sites excluding steroid dienone is 2. The van der Waals surface area contributed by atoms with E-state index in [0.29, 0.717) is 22.7 Å². The number of nitrogens with zero attached hydrogens (tertiary/aromatic N) is 4. The lowest BCUT2D eigenvalue weighted by Crippen LogP contribution is -2.36. The molecule has 7 heteroatoms. The van der Waals surface area contributed by atoms with E-state index in [1.165, 1.54) is 24.5 Å². The molecule has 5 rings (SSSR count). The summed E-state index contributed by atoms with van der Waals surface area (Å²) in [5.74, 6) is 0.0875. The molecule has 2 aromatic heterocycles. The Morgan fingerprint density at radius 1 is 1.09 bits per heavy atom. The summed E-state index contributed by atoms with van der Waals surface area (Å²) in [7, 11) is 0. The van der Waals surface area contributed by atoms with E-state index in [2.05, 4.69) is 51.1 Å². The first kappa shape index (κ1) is 23.1. The second kappa shape index (κ2) is 9.88. The normalized spacial score (nSPS) is 17.0. The third-order valence-electron chi connectivity index (χ3n) is 6.65. The summed E-state index contributed by atoms with van der Waals surface area (Å²) in [5, 5.41) is 2.90. The molecule has 0 radical (unpaired) electrons. The number of benzene rings is 1. The number of ketones is 1. The Kier molecular flexibility index (Phi) is 6.51. The number of Topliss-reactive ketones (excluding diaryl/α,β-unsaturated/α-hetero) is 1. The predicted octanol–water partition coefficient (Wildman–Crippen LogP) is 4.28. The van der Waals surface area contributed by atoms with Crippen LogP contribution in [0, 0.1) is 5.92 Å². The van der Waals surface area contributed by atoms with Crippen LogP contribution in [-0.4, -0.2) is 44.6 Å². The highest BCUT2D eigenvalue weighted by atomic mass is 16.1. The number of rotatable bonds is 8. The fourth-order valence-electron chi connectivity index (χ4n) is 4.68. The lowest BCUT2D eigenvalue weighted by molar-refractivity contribution is -0.115. The summed E-state index contributed by atoms with van der Waals surface area (Å²) in [5.41, 5.74) is 5.34. The topological polar surface area (TPSA) is 88.1 Å². The molecule has 0 spiro atoms. The number of amides is 1. The van der Waals surface area contributed by atoms with Crippen molar-refractivity contribution in [2.45, 2.75) is 39.2 Å². The van der Waals surface area contributed by atoms with Gasteiger partial charge in [-0.25, -0.2) is 9.97 Å². The Bertz CT molecular complexity index is 1300. The van der Waals surface area contributed by atoms with E-state index >= 15 is 0 Å². The van der Waals surface area contributed by atoms with E-state index < -0.39 is 0 Å². The molecule has 3 aromatic rings. The van der Waals surface area contributed by atoms with Gasteiger partial charge in [0.2, 0.25) is 5.91 Å². The van der Waals surface area contributed by atoms with Crippen LogP contribution < -0.4 is 5.32 Å². The molecule has 1 aliphatic carbocycles. The molecule has 0 bridgehead atoms. The minimum Gasteiger partial charge on any atom is -0.324 e. The number of aromatic nitrogens is 3. The number of pyridine rings is 1. The Balaban J connectivity index is 1.28. The van der Waals surface area contributed by atoms with Crippen molar-refractivity contribution in [1.29, 1.82) is 0 Å². The zero-order valence-corrected chi connectivity index (χ0v) is 20.1. The SMILES string of the molecule is CC(C)C1C=C(C(=O)c2cncc(NC(=O)Cc3cccc(CN4CCC4)c3)c2)c2cncnc21. The van der Waals surface area contributed by atoms with E-state index in [1.54, 1.807) is 18.5 Å². The number of fused-ring (bicyclic) bond motifs is 1. The van der Waals surface area contributed by atoms with Gasteiger partial charge in [0, 0.05) is 41.6 Å². The van der Waals surface area contributed by atoms with E-state index in [9.17, 15) is 9.59 Å². The van der Waals surface area contributed by atoms with Crippen molar-refractivity contribution in [1.82, 2.24) is 19.9 Å². The van der Waals surface area contributed by atoms with Crippen molar-refractivity contribution in [2.24, 2.45) is 5.92 Å². The Hall–Kier alpha value is -3.71. The third kappa shape index (κ3) is 5.05. The monoisotopic (exact) mass is 467 g/mol. The number of anilines is 1. The number of carbonyl (C=O) groups is 2.